The number of carbonyl (C=O) groups is 2. The number of hydrogen-bond acceptors (Lipinski definition) is 2. The maximum absolute atomic E-state index is 17.3. The second kappa shape index (κ2) is 15.4. The zero-order valence-electron chi connectivity index (χ0n) is 34.3. The molecular formula is C50H28F10N4O4+4. The molecule has 8 aromatic rings. The number of aromatic nitrogens is 4. The van der Waals surface area contributed by atoms with Gasteiger partial charge < -0.3 is 10.2 Å². The molecule has 1 spiro atoms. The SMILES string of the molecule is O=C(O)c1ccc(-c2ccc3[n+](c2)C[n+]2cc(C(F)(F)F)ccc2-c2c(F)cc(F)cc2C2(c4cc(F)cc(F)c4-c4ccc(C(F)(F)F)c[n+]42)[n+]2cc(-c4ccc(C(=O)O)cc4)ccc2-3)cc1. The number of benzene rings is 4. The van der Waals surface area contributed by atoms with Crippen molar-refractivity contribution in [1.82, 2.24) is 0 Å². The number of aromatic carboxylic acids is 2. The van der Waals surface area contributed by atoms with E-state index in [1.54, 1.807) is 6.07 Å². The van der Waals surface area contributed by atoms with Gasteiger partial charge in [-0.05, 0) is 71.8 Å². The van der Waals surface area contributed by atoms with E-state index in [1.807, 2.05) is 0 Å². The average Bonchev–Trinajstić information content (AvgIpc) is 3.58. The van der Waals surface area contributed by atoms with Crippen molar-refractivity contribution in [1.29, 1.82) is 0 Å². The second-order valence-corrected chi connectivity index (χ2v) is 16.1. The molecule has 10 rings (SSSR count). The summed E-state index contributed by atoms with van der Waals surface area (Å²) in [6.07, 6.45) is -5.98. The lowest BCUT2D eigenvalue weighted by Crippen LogP contribution is -2.74. The molecule has 18 heteroatoms. The van der Waals surface area contributed by atoms with E-state index in [1.165, 1.54) is 88.3 Å². The lowest BCUT2D eigenvalue weighted by molar-refractivity contribution is -0.962. The van der Waals surface area contributed by atoms with Crippen molar-refractivity contribution in [3.05, 3.63) is 203 Å². The summed E-state index contributed by atoms with van der Waals surface area (Å²) < 4.78 is 160. The van der Waals surface area contributed by atoms with Crippen molar-refractivity contribution in [3.63, 3.8) is 0 Å². The van der Waals surface area contributed by atoms with Crippen LogP contribution >= 0.6 is 0 Å². The maximum atomic E-state index is 17.3. The van der Waals surface area contributed by atoms with Crippen molar-refractivity contribution < 1.29 is 82.0 Å². The molecule has 0 radical (unpaired) electrons. The smallest absolute Gasteiger partial charge is 0.422 e. The van der Waals surface area contributed by atoms with Gasteiger partial charge in [-0.25, -0.2) is 27.2 Å². The van der Waals surface area contributed by atoms with E-state index in [9.17, 15) is 46.1 Å². The zero-order chi connectivity index (χ0) is 48.2. The van der Waals surface area contributed by atoms with Crippen molar-refractivity contribution >= 4 is 11.9 Å². The lowest BCUT2D eigenvalue weighted by Gasteiger charge is -2.26. The molecule has 0 saturated carbocycles. The molecule has 2 aliphatic rings. The number of nitrogens with zero attached hydrogens (tertiary/aromatic N) is 4. The first kappa shape index (κ1) is 43.6. The number of rotatable bonds is 4. The van der Waals surface area contributed by atoms with E-state index in [2.05, 4.69) is 0 Å². The third kappa shape index (κ3) is 6.93. The van der Waals surface area contributed by atoms with Gasteiger partial charge in [0.25, 0.3) is 11.4 Å². The van der Waals surface area contributed by atoms with E-state index in [0.29, 0.717) is 53.3 Å². The van der Waals surface area contributed by atoms with E-state index in [4.69, 9.17) is 0 Å². The third-order valence-electron chi connectivity index (χ3n) is 12.2. The minimum Gasteiger partial charge on any atom is -0.478 e. The molecule has 1 atom stereocenters. The van der Waals surface area contributed by atoms with Crippen LogP contribution in [0.5, 0.6) is 0 Å². The summed E-state index contributed by atoms with van der Waals surface area (Å²) in [5.41, 5.74) is -6.88. The fourth-order valence-electron chi connectivity index (χ4n) is 9.18. The Labute approximate surface area is 376 Å². The largest absolute Gasteiger partial charge is 0.478 e. The van der Waals surface area contributed by atoms with Crippen LogP contribution in [0.3, 0.4) is 0 Å². The topological polar surface area (TPSA) is 90.1 Å². The van der Waals surface area contributed by atoms with E-state index < -0.39 is 93.3 Å². The van der Waals surface area contributed by atoms with Gasteiger partial charge in [0.15, 0.2) is 24.8 Å². The highest BCUT2D eigenvalue weighted by atomic mass is 19.4. The molecule has 68 heavy (non-hydrogen) atoms. The van der Waals surface area contributed by atoms with Crippen LogP contribution in [0, 0.1) is 23.3 Å². The Morgan fingerprint density at radius 3 is 1.38 bits per heavy atom. The van der Waals surface area contributed by atoms with Crippen LogP contribution < -0.4 is 18.3 Å². The summed E-state index contributed by atoms with van der Waals surface area (Å²) in [5, 5.41) is 19.2. The van der Waals surface area contributed by atoms with Gasteiger partial charge in [0.1, 0.15) is 56.6 Å². The summed E-state index contributed by atoms with van der Waals surface area (Å²) >= 11 is 0. The summed E-state index contributed by atoms with van der Waals surface area (Å²) in [5.74, 6) is -7.73. The van der Waals surface area contributed by atoms with Gasteiger partial charge in [-0.1, -0.05) is 24.3 Å². The van der Waals surface area contributed by atoms with Crippen LogP contribution in [0.15, 0.2) is 146 Å². The Morgan fingerprint density at radius 1 is 0.456 bits per heavy atom. The first-order chi connectivity index (χ1) is 32.2. The molecule has 0 saturated heterocycles. The van der Waals surface area contributed by atoms with Gasteiger partial charge in [-0.2, -0.15) is 26.3 Å². The zero-order valence-corrected chi connectivity index (χ0v) is 34.3. The van der Waals surface area contributed by atoms with Crippen LogP contribution in [0.4, 0.5) is 43.9 Å². The van der Waals surface area contributed by atoms with Crippen molar-refractivity contribution in [2.45, 2.75) is 24.7 Å². The van der Waals surface area contributed by atoms with Gasteiger partial charge in [0.05, 0.1) is 11.1 Å². The van der Waals surface area contributed by atoms with Crippen molar-refractivity contribution in [2.24, 2.45) is 0 Å². The number of fused-ring (bicyclic) bond motifs is 13. The van der Waals surface area contributed by atoms with Gasteiger partial charge in [-0.3, -0.25) is 0 Å². The summed E-state index contributed by atoms with van der Waals surface area (Å²) in [6.45, 7) is -0.556. The van der Waals surface area contributed by atoms with Crippen LogP contribution in [-0.2, 0) is 24.7 Å². The molecule has 0 bridgehead atoms. The van der Waals surface area contributed by atoms with Crippen molar-refractivity contribution in [2.75, 3.05) is 0 Å². The molecule has 8 nitrogen and oxygen atoms in total. The molecule has 2 N–H and O–H groups in total. The molecule has 4 aromatic carbocycles. The summed E-state index contributed by atoms with van der Waals surface area (Å²) in [7, 11) is 0. The highest BCUT2D eigenvalue weighted by Crippen LogP contribution is 2.47. The fourth-order valence-corrected chi connectivity index (χ4v) is 9.18. The van der Waals surface area contributed by atoms with E-state index >= 15 is 17.6 Å². The highest BCUT2D eigenvalue weighted by Gasteiger charge is 2.66. The average molecular weight is 939 g/mol. The van der Waals surface area contributed by atoms with E-state index in [-0.39, 0.29) is 39.5 Å². The number of halogens is 10. The molecule has 6 heterocycles. The Balaban J connectivity index is 1.43. The molecule has 2 aliphatic heterocycles. The quantitative estimate of drug-likeness (QED) is 0.136. The van der Waals surface area contributed by atoms with Gasteiger partial charge in [0, 0.05) is 47.5 Å². The van der Waals surface area contributed by atoms with E-state index in [0.717, 1.165) is 33.4 Å². The number of pyridine rings is 4. The summed E-state index contributed by atoms with van der Waals surface area (Å²) in [6, 6.07) is 22.6. The van der Waals surface area contributed by atoms with Crippen molar-refractivity contribution in [3.8, 4) is 56.2 Å². The summed E-state index contributed by atoms with van der Waals surface area (Å²) in [4.78, 5) is 23.5. The second-order valence-electron chi connectivity index (χ2n) is 16.1. The number of carboxylic acids is 2. The third-order valence-corrected chi connectivity index (χ3v) is 12.2. The van der Waals surface area contributed by atoms with Crippen LogP contribution in [0.1, 0.15) is 43.0 Å². The minimum absolute atomic E-state index is 0.0243. The monoisotopic (exact) mass is 938 g/mol. The van der Waals surface area contributed by atoms with Crippen LogP contribution in [0.25, 0.3) is 56.2 Å². The Hall–Kier alpha value is -8.28. The molecule has 0 amide bonds. The Morgan fingerprint density at radius 2 is 0.868 bits per heavy atom. The van der Waals surface area contributed by atoms with Gasteiger partial charge >= 0.3 is 36.6 Å². The molecular weight excluding hydrogens is 911 g/mol. The first-order valence-electron chi connectivity index (χ1n) is 20.3. The predicted octanol–water partition coefficient (Wildman–Crippen LogP) is 9.59. The Bertz CT molecular complexity index is 3470. The Kier molecular flexibility index (Phi) is 9.87. The van der Waals surface area contributed by atoms with Gasteiger partial charge in [-0.15, -0.1) is 18.3 Å². The predicted molar refractivity (Wildman–Crippen MR) is 218 cm³/mol. The molecule has 338 valence electrons. The maximum Gasteiger partial charge on any atom is 0.422 e. The molecule has 0 aliphatic carbocycles. The van der Waals surface area contributed by atoms with Crippen LogP contribution in [0.2, 0.25) is 0 Å². The lowest BCUT2D eigenvalue weighted by atomic mass is 9.84. The van der Waals surface area contributed by atoms with Crippen LogP contribution in [-0.4, -0.2) is 22.2 Å². The molecule has 4 aromatic heterocycles. The minimum atomic E-state index is -5.10. The highest BCUT2D eigenvalue weighted by molar-refractivity contribution is 5.89. The molecule has 1 unspecified atom stereocenters. The number of carboxylic acid groups (broad SMARTS) is 2. The van der Waals surface area contributed by atoms with Gasteiger partial charge in [0.2, 0.25) is 11.4 Å². The number of alkyl halides is 6. The normalized spacial score (nSPS) is 14.9. The number of hydrogen-bond donors (Lipinski definition) is 2. The first-order valence-corrected chi connectivity index (χ1v) is 20.3. The standard InChI is InChI=1S/C50H26F10N4O4/c51-34-17-36-44(38(53)19-34)42-15-11-32(49(55,56)57)23-62(42)25-61-21-30(26-1-5-28(6-2-26)46(65)66)9-13-40(61)41-14-10-31(27-3-7-29(8-4-27)47(67)68)22-63(41)48(36)37-18-35(52)20-39(54)45(37)43-16-12-33(24-64(43)48)50(58,59)60/h1-24H,25H2/q+2/p+2. The fraction of sp³-hybridized carbons (Fsp3) is 0.0800. The molecule has 0 fully saturated rings.